The van der Waals surface area contributed by atoms with Gasteiger partial charge in [0.15, 0.2) is 0 Å². The molecule has 2 rings (SSSR count). The number of aryl methyl sites for hydroxylation is 2. The van der Waals surface area contributed by atoms with Crippen LogP contribution >= 0.6 is 0 Å². The fraction of sp³-hybridized carbons (Fsp3) is 0.333. The van der Waals surface area contributed by atoms with Crippen LogP contribution in [-0.2, 0) is 11.3 Å². The molecule has 1 aromatic carbocycles. The summed E-state index contributed by atoms with van der Waals surface area (Å²) in [4.78, 5) is 16.1. The van der Waals surface area contributed by atoms with Gasteiger partial charge in [0.25, 0.3) is 0 Å². The first kappa shape index (κ1) is 14.1. The first-order valence-electron chi connectivity index (χ1n) is 6.70. The second-order valence-corrected chi connectivity index (χ2v) is 4.85. The number of hydrogen-bond acceptors (Lipinski definition) is 3. The van der Waals surface area contributed by atoms with Crippen LogP contribution in [-0.4, -0.2) is 15.5 Å². The molecule has 0 unspecified atom stereocenters. The Kier molecular flexibility index (Phi) is 4.40. The fourth-order valence-corrected chi connectivity index (χ4v) is 2.00. The molecule has 0 aliphatic carbocycles. The average Bonchev–Trinajstić information content (AvgIpc) is 2.73. The third-order valence-electron chi connectivity index (χ3n) is 3.38. The summed E-state index contributed by atoms with van der Waals surface area (Å²) in [6, 6.07) is 7.27. The van der Waals surface area contributed by atoms with Gasteiger partial charge in [-0.2, -0.15) is 0 Å². The van der Waals surface area contributed by atoms with E-state index in [2.05, 4.69) is 14.9 Å². The molecule has 1 aromatic heterocycles. The second-order valence-electron chi connectivity index (χ2n) is 4.85. The summed E-state index contributed by atoms with van der Waals surface area (Å²) in [6.07, 6.45) is 3.05. The van der Waals surface area contributed by atoms with Crippen LogP contribution in [0.3, 0.4) is 0 Å². The van der Waals surface area contributed by atoms with E-state index in [-0.39, 0.29) is 5.91 Å². The summed E-state index contributed by atoms with van der Waals surface area (Å²) < 4.78 is 2.07. The van der Waals surface area contributed by atoms with Crippen LogP contribution in [0.4, 0.5) is 11.4 Å². The van der Waals surface area contributed by atoms with Crippen molar-refractivity contribution in [3.63, 3.8) is 0 Å². The summed E-state index contributed by atoms with van der Waals surface area (Å²) in [6.45, 7) is 4.81. The normalized spacial score (nSPS) is 10.5. The topological polar surface area (TPSA) is 72.9 Å². The molecule has 106 valence electrons. The molecule has 2 aromatic rings. The van der Waals surface area contributed by atoms with Crippen LogP contribution in [0.1, 0.15) is 24.2 Å². The van der Waals surface area contributed by atoms with Crippen LogP contribution in [0.25, 0.3) is 0 Å². The van der Waals surface area contributed by atoms with Crippen LogP contribution in [0, 0.1) is 13.8 Å². The number of rotatable bonds is 5. The zero-order valence-corrected chi connectivity index (χ0v) is 11.9. The minimum absolute atomic E-state index is 0.0163. The van der Waals surface area contributed by atoms with Crippen molar-refractivity contribution in [3.8, 4) is 0 Å². The molecule has 5 nitrogen and oxygen atoms in total. The maximum absolute atomic E-state index is 11.9. The van der Waals surface area contributed by atoms with Gasteiger partial charge in [-0.3, -0.25) is 4.79 Å². The molecule has 0 bridgehead atoms. The van der Waals surface area contributed by atoms with Gasteiger partial charge in [-0.1, -0.05) is 12.1 Å². The van der Waals surface area contributed by atoms with Crippen LogP contribution < -0.4 is 11.1 Å². The van der Waals surface area contributed by atoms with Crippen molar-refractivity contribution in [3.05, 3.63) is 42.0 Å². The Hall–Kier alpha value is -2.30. The van der Waals surface area contributed by atoms with Crippen molar-refractivity contribution in [2.75, 3.05) is 11.1 Å². The third kappa shape index (κ3) is 3.38. The van der Waals surface area contributed by atoms with E-state index in [1.54, 1.807) is 12.1 Å². The van der Waals surface area contributed by atoms with Gasteiger partial charge in [-0.25, -0.2) is 4.98 Å². The molecule has 1 amide bonds. The molecular formula is C15H20N4O. The first-order chi connectivity index (χ1) is 9.58. The maximum Gasteiger partial charge on any atom is 0.224 e. The third-order valence-corrected chi connectivity index (χ3v) is 3.38. The smallest absolute Gasteiger partial charge is 0.224 e. The van der Waals surface area contributed by atoms with Crippen molar-refractivity contribution in [1.29, 1.82) is 0 Å². The number of nitrogens with zero attached hydrogens (tertiary/aromatic N) is 2. The lowest BCUT2D eigenvalue weighted by Crippen LogP contribution is -2.13. The Bertz CT molecular complexity index is 604. The predicted molar refractivity (Wildman–Crippen MR) is 80.4 cm³/mol. The average molecular weight is 272 g/mol. The second kappa shape index (κ2) is 6.23. The summed E-state index contributed by atoms with van der Waals surface area (Å²) in [7, 11) is 0. The van der Waals surface area contributed by atoms with Crippen molar-refractivity contribution < 1.29 is 4.79 Å². The molecular weight excluding hydrogens is 252 g/mol. The number of amides is 1. The molecule has 0 atom stereocenters. The van der Waals surface area contributed by atoms with Crippen LogP contribution in [0.15, 0.2) is 30.6 Å². The van der Waals surface area contributed by atoms with E-state index in [1.165, 1.54) is 0 Å². The lowest BCUT2D eigenvalue weighted by atomic mass is 10.2. The zero-order chi connectivity index (χ0) is 14.5. The summed E-state index contributed by atoms with van der Waals surface area (Å²) >= 11 is 0. The van der Waals surface area contributed by atoms with Crippen LogP contribution in [0.2, 0.25) is 0 Å². The lowest BCUT2D eigenvalue weighted by molar-refractivity contribution is -0.116. The fourth-order valence-electron chi connectivity index (χ4n) is 2.00. The highest BCUT2D eigenvalue weighted by Crippen LogP contribution is 2.17. The van der Waals surface area contributed by atoms with Gasteiger partial charge in [-0.05, 0) is 32.4 Å². The van der Waals surface area contributed by atoms with E-state index in [9.17, 15) is 4.79 Å². The van der Waals surface area contributed by atoms with E-state index in [1.807, 2.05) is 32.3 Å². The highest BCUT2D eigenvalue weighted by Gasteiger charge is 2.06. The molecule has 0 fully saturated rings. The number of carbonyl (C=O) groups is 1. The molecule has 5 heteroatoms. The number of nitrogen functional groups attached to an aromatic ring is 1. The predicted octanol–water partition coefficient (Wildman–Crippen LogP) is 2.50. The number of hydrogen-bond donors (Lipinski definition) is 2. The van der Waals surface area contributed by atoms with Gasteiger partial charge in [0.1, 0.15) is 0 Å². The molecule has 20 heavy (non-hydrogen) atoms. The van der Waals surface area contributed by atoms with Crippen molar-refractivity contribution >= 4 is 17.3 Å². The van der Waals surface area contributed by atoms with Gasteiger partial charge < -0.3 is 15.6 Å². The number of nitrogens with two attached hydrogens (primary N) is 1. The summed E-state index contributed by atoms with van der Waals surface area (Å²) in [5.41, 5.74) is 9.23. The Morgan fingerprint density at radius 1 is 1.35 bits per heavy atom. The van der Waals surface area contributed by atoms with Gasteiger partial charge in [0.05, 0.1) is 23.4 Å². The summed E-state index contributed by atoms with van der Waals surface area (Å²) in [5, 5.41) is 2.83. The molecule has 0 saturated heterocycles. The van der Waals surface area contributed by atoms with E-state index in [4.69, 9.17) is 5.73 Å². The number of anilines is 2. The molecule has 3 N–H and O–H groups in total. The molecule has 0 spiro atoms. The number of benzene rings is 1. The monoisotopic (exact) mass is 272 g/mol. The quantitative estimate of drug-likeness (QED) is 0.821. The molecule has 0 radical (unpaired) electrons. The number of nitrogens with one attached hydrogen (secondary N) is 1. The first-order valence-corrected chi connectivity index (χ1v) is 6.70. The molecule has 0 saturated carbocycles. The van der Waals surface area contributed by atoms with Gasteiger partial charge in [0.2, 0.25) is 5.91 Å². The summed E-state index contributed by atoms with van der Waals surface area (Å²) in [5.74, 6) is -0.0163. The number of aromatic nitrogens is 2. The molecule has 1 heterocycles. The standard InChI is InChI=1S/C15H20N4O/c1-11-12(2)19(10-17-11)9-5-8-15(20)18-14-7-4-3-6-13(14)16/h3-4,6-7,10H,5,8-9,16H2,1-2H3,(H,18,20). The maximum atomic E-state index is 11.9. The van der Waals surface area contributed by atoms with Crippen molar-refractivity contribution in [2.45, 2.75) is 33.2 Å². The molecule has 0 aliphatic heterocycles. The Balaban J connectivity index is 1.81. The number of carbonyl (C=O) groups excluding carboxylic acids is 1. The Labute approximate surface area is 118 Å². The van der Waals surface area contributed by atoms with Crippen molar-refractivity contribution in [1.82, 2.24) is 9.55 Å². The largest absolute Gasteiger partial charge is 0.397 e. The highest BCUT2D eigenvalue weighted by molar-refractivity contribution is 5.93. The van der Waals surface area contributed by atoms with E-state index >= 15 is 0 Å². The van der Waals surface area contributed by atoms with E-state index < -0.39 is 0 Å². The lowest BCUT2D eigenvalue weighted by Gasteiger charge is -2.08. The van der Waals surface area contributed by atoms with Gasteiger partial charge >= 0.3 is 0 Å². The zero-order valence-electron chi connectivity index (χ0n) is 11.9. The van der Waals surface area contributed by atoms with Gasteiger partial charge in [0, 0.05) is 18.7 Å². The van der Waals surface area contributed by atoms with E-state index in [0.717, 1.165) is 24.4 Å². The minimum Gasteiger partial charge on any atom is -0.397 e. The SMILES string of the molecule is Cc1ncn(CCCC(=O)Nc2ccccc2N)c1C. The molecule has 0 aliphatic rings. The minimum atomic E-state index is -0.0163. The van der Waals surface area contributed by atoms with Crippen molar-refractivity contribution in [2.24, 2.45) is 0 Å². The Morgan fingerprint density at radius 2 is 2.10 bits per heavy atom. The highest BCUT2D eigenvalue weighted by atomic mass is 16.1. The van der Waals surface area contributed by atoms with Gasteiger partial charge in [-0.15, -0.1) is 0 Å². The Morgan fingerprint density at radius 3 is 2.75 bits per heavy atom. The van der Waals surface area contributed by atoms with E-state index in [0.29, 0.717) is 17.8 Å². The number of para-hydroxylation sites is 2. The van der Waals surface area contributed by atoms with Crippen LogP contribution in [0.5, 0.6) is 0 Å². The number of imidazole rings is 1.